The van der Waals surface area contributed by atoms with Gasteiger partial charge in [-0.3, -0.25) is 4.79 Å². The Morgan fingerprint density at radius 1 is 1.04 bits per heavy atom. The van der Waals surface area contributed by atoms with Crippen LogP contribution in [-0.2, 0) is 7.05 Å². The predicted octanol–water partition coefficient (Wildman–Crippen LogP) is 3.10. The lowest BCUT2D eigenvalue weighted by molar-refractivity contribution is 0.0733. The van der Waals surface area contributed by atoms with Gasteiger partial charge in [0, 0.05) is 43.8 Å². The van der Waals surface area contributed by atoms with Crippen LogP contribution in [0.3, 0.4) is 0 Å². The zero-order chi connectivity index (χ0) is 17.3. The fourth-order valence-corrected chi connectivity index (χ4v) is 2.59. The first-order valence-electron chi connectivity index (χ1n) is 7.55. The highest BCUT2D eigenvalue weighted by atomic mass is 16.5. The number of hydrogen-bond donors (Lipinski definition) is 0. The average Bonchev–Trinajstić information content (AvgIpc) is 2.95. The van der Waals surface area contributed by atoms with E-state index in [1.807, 2.05) is 36.0 Å². The molecule has 0 aliphatic carbocycles. The molecule has 0 fully saturated rings. The summed E-state index contributed by atoms with van der Waals surface area (Å²) in [7, 11) is 5.28. The van der Waals surface area contributed by atoms with E-state index in [1.165, 1.54) is 4.90 Å². The Morgan fingerprint density at radius 2 is 1.79 bits per heavy atom. The van der Waals surface area contributed by atoms with E-state index in [1.54, 1.807) is 44.4 Å². The summed E-state index contributed by atoms with van der Waals surface area (Å²) in [5, 5.41) is 0.838. The molecule has 0 radical (unpaired) electrons. The Labute approximate surface area is 140 Å². The summed E-state index contributed by atoms with van der Waals surface area (Å²) in [6, 6.07) is 14.0. The van der Waals surface area contributed by atoms with Gasteiger partial charge in [-0.05, 0) is 36.4 Å². The summed E-state index contributed by atoms with van der Waals surface area (Å²) < 4.78 is 7.42. The summed E-state index contributed by atoms with van der Waals surface area (Å²) in [6.45, 7) is 0. The van der Waals surface area contributed by atoms with Crippen molar-refractivity contribution in [1.29, 1.82) is 0 Å². The molecule has 0 aliphatic heterocycles. The Morgan fingerprint density at radius 3 is 2.54 bits per heavy atom. The van der Waals surface area contributed by atoms with E-state index in [4.69, 9.17) is 4.74 Å². The lowest BCUT2D eigenvalue weighted by Crippen LogP contribution is -2.21. The minimum absolute atomic E-state index is 0.141. The predicted molar refractivity (Wildman–Crippen MR) is 92.3 cm³/mol. The van der Waals surface area contributed by atoms with Crippen molar-refractivity contribution in [2.24, 2.45) is 7.05 Å². The highest BCUT2D eigenvalue weighted by Crippen LogP contribution is 2.22. The van der Waals surface area contributed by atoms with Gasteiger partial charge >= 0.3 is 5.97 Å². The fraction of sp³-hybridized carbons (Fsp3) is 0.158. The molecular formula is C19H18N2O3. The lowest BCUT2D eigenvalue weighted by Gasteiger charge is -2.11. The van der Waals surface area contributed by atoms with Crippen molar-refractivity contribution in [2.75, 3.05) is 14.1 Å². The van der Waals surface area contributed by atoms with Crippen molar-refractivity contribution >= 4 is 22.8 Å². The SMILES string of the molecule is CN(C)C(=O)c1cccc(OC(=O)c2cccc3c2ccn3C)c1. The number of aromatic nitrogens is 1. The molecule has 0 saturated carbocycles. The van der Waals surface area contributed by atoms with E-state index in [0.717, 1.165) is 10.9 Å². The minimum atomic E-state index is -0.443. The van der Waals surface area contributed by atoms with Crippen LogP contribution >= 0.6 is 0 Å². The van der Waals surface area contributed by atoms with E-state index in [2.05, 4.69) is 0 Å². The van der Waals surface area contributed by atoms with E-state index >= 15 is 0 Å². The maximum Gasteiger partial charge on any atom is 0.344 e. The van der Waals surface area contributed by atoms with Crippen molar-refractivity contribution in [1.82, 2.24) is 9.47 Å². The first kappa shape index (κ1) is 15.8. The quantitative estimate of drug-likeness (QED) is 0.550. The molecule has 0 N–H and O–H groups in total. The minimum Gasteiger partial charge on any atom is -0.423 e. The molecule has 3 aromatic rings. The Bertz CT molecular complexity index is 925. The van der Waals surface area contributed by atoms with Crippen LogP contribution in [0.1, 0.15) is 20.7 Å². The normalized spacial score (nSPS) is 10.6. The third kappa shape index (κ3) is 2.88. The molecule has 0 aliphatic rings. The third-order valence-corrected chi connectivity index (χ3v) is 3.85. The van der Waals surface area contributed by atoms with Gasteiger partial charge < -0.3 is 14.2 Å². The number of esters is 1. The molecule has 2 aromatic carbocycles. The smallest absolute Gasteiger partial charge is 0.344 e. The lowest BCUT2D eigenvalue weighted by atomic mass is 10.1. The molecule has 1 amide bonds. The number of amides is 1. The number of carbonyl (C=O) groups excluding carboxylic acids is 2. The molecule has 5 heteroatoms. The van der Waals surface area contributed by atoms with Gasteiger partial charge in [-0.25, -0.2) is 4.79 Å². The largest absolute Gasteiger partial charge is 0.423 e. The van der Waals surface area contributed by atoms with Gasteiger partial charge in [0.05, 0.1) is 5.56 Å². The maximum atomic E-state index is 12.5. The Kier molecular flexibility index (Phi) is 4.08. The number of aryl methyl sites for hydroxylation is 1. The standard InChI is InChI=1S/C19H18N2O3/c1-20(2)18(22)13-6-4-7-14(12-13)24-19(23)16-8-5-9-17-15(16)10-11-21(17)3/h4-12H,1-3H3. The molecule has 0 spiro atoms. The van der Waals surface area contributed by atoms with Gasteiger partial charge in [-0.2, -0.15) is 0 Å². The molecular weight excluding hydrogens is 304 g/mol. The second kappa shape index (κ2) is 6.20. The molecule has 1 aromatic heterocycles. The summed E-state index contributed by atoms with van der Waals surface area (Å²) in [6.07, 6.45) is 1.90. The van der Waals surface area contributed by atoms with E-state index in [0.29, 0.717) is 16.9 Å². The first-order chi connectivity index (χ1) is 11.5. The maximum absolute atomic E-state index is 12.5. The zero-order valence-corrected chi connectivity index (χ0v) is 13.8. The van der Waals surface area contributed by atoms with E-state index in [-0.39, 0.29) is 5.91 Å². The highest BCUT2D eigenvalue weighted by Gasteiger charge is 2.15. The van der Waals surface area contributed by atoms with E-state index in [9.17, 15) is 9.59 Å². The van der Waals surface area contributed by atoms with Gasteiger partial charge in [0.2, 0.25) is 0 Å². The van der Waals surface area contributed by atoms with Crippen LogP contribution in [0.5, 0.6) is 5.75 Å². The van der Waals surface area contributed by atoms with Crippen molar-refractivity contribution in [3.8, 4) is 5.75 Å². The monoisotopic (exact) mass is 322 g/mol. The molecule has 1 heterocycles. The molecule has 122 valence electrons. The number of fused-ring (bicyclic) bond motifs is 1. The molecule has 0 atom stereocenters. The topological polar surface area (TPSA) is 51.5 Å². The molecule has 0 unspecified atom stereocenters. The Hall–Kier alpha value is -3.08. The highest BCUT2D eigenvalue weighted by molar-refractivity contribution is 6.04. The fourth-order valence-electron chi connectivity index (χ4n) is 2.59. The summed E-state index contributed by atoms with van der Waals surface area (Å²) in [4.78, 5) is 26.0. The number of hydrogen-bond acceptors (Lipinski definition) is 3. The van der Waals surface area contributed by atoms with Crippen LogP contribution in [0.2, 0.25) is 0 Å². The molecule has 3 rings (SSSR count). The molecule has 0 bridgehead atoms. The van der Waals surface area contributed by atoms with E-state index < -0.39 is 5.97 Å². The summed E-state index contributed by atoms with van der Waals surface area (Å²) in [5.74, 6) is -0.236. The molecule has 24 heavy (non-hydrogen) atoms. The zero-order valence-electron chi connectivity index (χ0n) is 13.8. The van der Waals surface area contributed by atoms with Crippen molar-refractivity contribution in [3.63, 3.8) is 0 Å². The van der Waals surface area contributed by atoms with Crippen LogP contribution in [0.4, 0.5) is 0 Å². The number of ether oxygens (including phenoxy) is 1. The summed E-state index contributed by atoms with van der Waals surface area (Å²) in [5.41, 5.74) is 1.93. The summed E-state index contributed by atoms with van der Waals surface area (Å²) >= 11 is 0. The second-order valence-corrected chi connectivity index (χ2v) is 5.78. The molecule has 5 nitrogen and oxygen atoms in total. The van der Waals surface area contributed by atoms with Gasteiger partial charge in [0.1, 0.15) is 5.75 Å². The first-order valence-corrected chi connectivity index (χ1v) is 7.55. The van der Waals surface area contributed by atoms with Crippen LogP contribution < -0.4 is 4.74 Å². The van der Waals surface area contributed by atoms with Gasteiger partial charge in [-0.15, -0.1) is 0 Å². The van der Waals surface area contributed by atoms with Crippen LogP contribution in [-0.4, -0.2) is 35.4 Å². The molecule has 0 saturated heterocycles. The average molecular weight is 322 g/mol. The van der Waals surface area contributed by atoms with Crippen molar-refractivity contribution < 1.29 is 14.3 Å². The van der Waals surface area contributed by atoms with Gasteiger partial charge in [0.25, 0.3) is 5.91 Å². The third-order valence-electron chi connectivity index (χ3n) is 3.85. The number of carbonyl (C=O) groups is 2. The number of rotatable bonds is 3. The number of nitrogens with zero attached hydrogens (tertiary/aromatic N) is 2. The van der Waals surface area contributed by atoms with Gasteiger partial charge in [-0.1, -0.05) is 12.1 Å². The van der Waals surface area contributed by atoms with Gasteiger partial charge in [0.15, 0.2) is 0 Å². The van der Waals surface area contributed by atoms with Crippen molar-refractivity contribution in [2.45, 2.75) is 0 Å². The van der Waals surface area contributed by atoms with Crippen LogP contribution in [0.25, 0.3) is 10.9 Å². The van der Waals surface area contributed by atoms with Crippen LogP contribution in [0.15, 0.2) is 54.7 Å². The van der Waals surface area contributed by atoms with Crippen molar-refractivity contribution in [3.05, 3.63) is 65.9 Å². The Balaban J connectivity index is 1.89. The van der Waals surface area contributed by atoms with Crippen LogP contribution in [0, 0.1) is 0 Å². The number of benzene rings is 2. The second-order valence-electron chi connectivity index (χ2n) is 5.78.